The van der Waals surface area contributed by atoms with Crippen LogP contribution in [0.3, 0.4) is 0 Å². The largest absolute Gasteiger partial charge is 0.309 e. The summed E-state index contributed by atoms with van der Waals surface area (Å²) in [6.07, 6.45) is 2.07. The molecule has 1 atom stereocenters. The lowest BCUT2D eigenvalue weighted by molar-refractivity contribution is 0.680. The summed E-state index contributed by atoms with van der Waals surface area (Å²) in [4.78, 5) is 1.23. The number of hydrogen-bond acceptors (Lipinski definition) is 2. The zero-order chi connectivity index (χ0) is 13.8. The molecule has 2 aromatic carbocycles. The molecule has 1 unspecified atom stereocenters. The van der Waals surface area contributed by atoms with Gasteiger partial charge in [0, 0.05) is 14.9 Å². The van der Waals surface area contributed by atoms with Gasteiger partial charge in [-0.1, -0.05) is 41.4 Å². The lowest BCUT2D eigenvalue weighted by atomic mass is 9.99. The van der Waals surface area contributed by atoms with Crippen molar-refractivity contribution in [2.45, 2.75) is 10.9 Å². The Morgan fingerprint density at radius 2 is 1.79 bits per heavy atom. The summed E-state index contributed by atoms with van der Waals surface area (Å²) < 4.78 is 0. The average molecular weight is 312 g/mol. The summed E-state index contributed by atoms with van der Waals surface area (Å²) in [5.41, 5.74) is 2.21. The van der Waals surface area contributed by atoms with Crippen LogP contribution in [0.5, 0.6) is 0 Å². The predicted octanol–water partition coefficient (Wildman–Crippen LogP) is 5.02. The highest BCUT2D eigenvalue weighted by molar-refractivity contribution is 7.98. The maximum absolute atomic E-state index is 6.31. The minimum atomic E-state index is 0.0369. The van der Waals surface area contributed by atoms with E-state index < -0.39 is 0 Å². The molecule has 4 heteroatoms. The van der Waals surface area contributed by atoms with Crippen LogP contribution < -0.4 is 5.32 Å². The topological polar surface area (TPSA) is 12.0 Å². The van der Waals surface area contributed by atoms with E-state index in [0.717, 1.165) is 10.6 Å². The molecule has 0 saturated heterocycles. The number of rotatable bonds is 4. The molecule has 0 amide bonds. The molecule has 100 valence electrons. The van der Waals surface area contributed by atoms with Crippen LogP contribution in [0.2, 0.25) is 10.0 Å². The molecule has 0 fully saturated rings. The van der Waals surface area contributed by atoms with Gasteiger partial charge in [0.2, 0.25) is 0 Å². The van der Waals surface area contributed by atoms with E-state index in [1.165, 1.54) is 10.5 Å². The Kier molecular flexibility index (Phi) is 5.17. The van der Waals surface area contributed by atoms with Crippen molar-refractivity contribution in [1.29, 1.82) is 0 Å². The fraction of sp³-hybridized carbons (Fsp3) is 0.200. The molecule has 0 aliphatic rings. The standard InChI is InChI=1S/C15H15Cl2NS/c1-18-15(11-5-3-4-6-14(11)19-2)12-9-10(16)7-8-13(12)17/h3-9,15,18H,1-2H3. The molecule has 0 spiro atoms. The van der Waals surface area contributed by atoms with Gasteiger partial charge in [-0.2, -0.15) is 0 Å². The molecule has 0 heterocycles. The number of thioether (sulfide) groups is 1. The third-order valence-corrected chi connectivity index (χ3v) is 4.40. The Labute approximate surface area is 128 Å². The molecule has 1 N–H and O–H groups in total. The van der Waals surface area contributed by atoms with E-state index in [2.05, 4.69) is 23.7 Å². The second-order valence-electron chi connectivity index (χ2n) is 4.13. The summed E-state index contributed by atoms with van der Waals surface area (Å²) in [5.74, 6) is 0. The molecule has 0 aromatic heterocycles. The van der Waals surface area contributed by atoms with E-state index in [1.807, 2.05) is 31.3 Å². The Bertz CT molecular complexity index is 572. The highest BCUT2D eigenvalue weighted by Crippen LogP contribution is 2.34. The first-order valence-corrected chi connectivity index (χ1v) is 7.90. The first kappa shape index (κ1) is 14.7. The minimum absolute atomic E-state index is 0.0369. The van der Waals surface area contributed by atoms with Crippen LogP contribution >= 0.6 is 35.0 Å². The van der Waals surface area contributed by atoms with E-state index in [-0.39, 0.29) is 6.04 Å². The molecule has 0 aliphatic carbocycles. The average Bonchev–Trinajstić information content (AvgIpc) is 2.44. The fourth-order valence-electron chi connectivity index (χ4n) is 2.12. The van der Waals surface area contributed by atoms with Gasteiger partial charge in [-0.3, -0.25) is 0 Å². The van der Waals surface area contributed by atoms with Crippen molar-refractivity contribution in [2.24, 2.45) is 0 Å². The Morgan fingerprint density at radius 1 is 1.05 bits per heavy atom. The van der Waals surface area contributed by atoms with Crippen molar-refractivity contribution < 1.29 is 0 Å². The molecule has 0 aliphatic heterocycles. The van der Waals surface area contributed by atoms with E-state index in [9.17, 15) is 0 Å². The van der Waals surface area contributed by atoms with Crippen LogP contribution in [-0.4, -0.2) is 13.3 Å². The van der Waals surface area contributed by atoms with Crippen molar-refractivity contribution in [2.75, 3.05) is 13.3 Å². The first-order chi connectivity index (χ1) is 9.17. The number of nitrogens with one attached hydrogen (secondary N) is 1. The van der Waals surface area contributed by atoms with Gasteiger partial charge < -0.3 is 5.32 Å². The highest BCUT2D eigenvalue weighted by atomic mass is 35.5. The number of benzene rings is 2. The smallest absolute Gasteiger partial charge is 0.0600 e. The maximum Gasteiger partial charge on any atom is 0.0600 e. The summed E-state index contributed by atoms with van der Waals surface area (Å²) >= 11 is 14.1. The van der Waals surface area contributed by atoms with Crippen LogP contribution in [0, 0.1) is 0 Å². The summed E-state index contributed by atoms with van der Waals surface area (Å²) in [5, 5.41) is 4.74. The molecular weight excluding hydrogens is 297 g/mol. The van der Waals surface area contributed by atoms with Gasteiger partial charge in [-0.25, -0.2) is 0 Å². The van der Waals surface area contributed by atoms with E-state index in [4.69, 9.17) is 23.2 Å². The van der Waals surface area contributed by atoms with Crippen LogP contribution in [0.4, 0.5) is 0 Å². The first-order valence-electron chi connectivity index (χ1n) is 5.92. The van der Waals surface area contributed by atoms with Crippen LogP contribution in [0.25, 0.3) is 0 Å². The lowest BCUT2D eigenvalue weighted by Crippen LogP contribution is -2.18. The number of hydrogen-bond donors (Lipinski definition) is 1. The van der Waals surface area contributed by atoms with E-state index in [1.54, 1.807) is 17.8 Å². The zero-order valence-electron chi connectivity index (χ0n) is 10.8. The van der Waals surface area contributed by atoms with E-state index in [0.29, 0.717) is 5.02 Å². The van der Waals surface area contributed by atoms with Gasteiger partial charge in [0.15, 0.2) is 0 Å². The van der Waals surface area contributed by atoms with Gasteiger partial charge in [0.05, 0.1) is 6.04 Å². The van der Waals surface area contributed by atoms with Crippen molar-refractivity contribution in [3.63, 3.8) is 0 Å². The van der Waals surface area contributed by atoms with Crippen LogP contribution in [-0.2, 0) is 0 Å². The maximum atomic E-state index is 6.31. The molecule has 1 nitrogen and oxygen atoms in total. The van der Waals surface area contributed by atoms with Crippen molar-refractivity contribution in [1.82, 2.24) is 5.32 Å². The lowest BCUT2D eigenvalue weighted by Gasteiger charge is -2.21. The van der Waals surface area contributed by atoms with Crippen LogP contribution in [0.15, 0.2) is 47.4 Å². The Hall–Kier alpha value is -0.670. The van der Waals surface area contributed by atoms with Crippen molar-refractivity contribution in [3.8, 4) is 0 Å². The summed E-state index contributed by atoms with van der Waals surface area (Å²) in [6, 6.07) is 13.9. The van der Waals surface area contributed by atoms with Gasteiger partial charge >= 0.3 is 0 Å². The molecule has 19 heavy (non-hydrogen) atoms. The number of halogens is 2. The zero-order valence-corrected chi connectivity index (χ0v) is 13.1. The quantitative estimate of drug-likeness (QED) is 0.795. The molecule has 0 saturated carbocycles. The van der Waals surface area contributed by atoms with Gasteiger partial charge in [0.1, 0.15) is 0 Å². The Balaban J connectivity index is 2.53. The third kappa shape index (κ3) is 3.26. The predicted molar refractivity (Wildman–Crippen MR) is 85.6 cm³/mol. The fourth-order valence-corrected chi connectivity index (χ4v) is 3.16. The minimum Gasteiger partial charge on any atom is -0.309 e. The second kappa shape index (κ2) is 6.67. The van der Waals surface area contributed by atoms with Gasteiger partial charge in [-0.15, -0.1) is 11.8 Å². The van der Waals surface area contributed by atoms with Crippen LogP contribution in [0.1, 0.15) is 17.2 Å². The molecule has 0 radical (unpaired) electrons. The normalized spacial score (nSPS) is 12.4. The Morgan fingerprint density at radius 3 is 2.47 bits per heavy atom. The third-order valence-electron chi connectivity index (χ3n) is 3.01. The summed E-state index contributed by atoms with van der Waals surface area (Å²) in [7, 11) is 1.93. The van der Waals surface area contributed by atoms with Crippen molar-refractivity contribution in [3.05, 3.63) is 63.6 Å². The van der Waals surface area contributed by atoms with E-state index >= 15 is 0 Å². The van der Waals surface area contributed by atoms with Crippen molar-refractivity contribution >= 4 is 35.0 Å². The molecule has 2 aromatic rings. The van der Waals surface area contributed by atoms with Gasteiger partial charge in [0.25, 0.3) is 0 Å². The monoisotopic (exact) mass is 311 g/mol. The molecular formula is C15H15Cl2NS. The SMILES string of the molecule is CNC(c1cc(Cl)ccc1Cl)c1ccccc1SC. The molecule has 0 bridgehead atoms. The molecule has 2 rings (SSSR count). The van der Waals surface area contributed by atoms with Gasteiger partial charge in [-0.05, 0) is 48.7 Å². The second-order valence-corrected chi connectivity index (χ2v) is 5.82. The highest BCUT2D eigenvalue weighted by Gasteiger charge is 2.18. The summed E-state index contributed by atoms with van der Waals surface area (Å²) in [6.45, 7) is 0.